The highest BCUT2D eigenvalue weighted by atomic mass is 32.2. The molecule has 0 radical (unpaired) electrons. The van der Waals surface area contributed by atoms with Gasteiger partial charge in [-0.05, 0) is 43.2 Å². The van der Waals surface area contributed by atoms with Crippen molar-refractivity contribution in [3.8, 4) is 0 Å². The van der Waals surface area contributed by atoms with Gasteiger partial charge < -0.3 is 20.7 Å². The molecule has 2 aromatic carbocycles. The molecule has 31 heavy (non-hydrogen) atoms. The van der Waals surface area contributed by atoms with E-state index < -0.39 is 12.1 Å². The lowest BCUT2D eigenvalue weighted by molar-refractivity contribution is -0.119. The van der Waals surface area contributed by atoms with E-state index in [0.29, 0.717) is 37.2 Å². The Labute approximate surface area is 187 Å². The lowest BCUT2D eigenvalue weighted by Gasteiger charge is -2.18. The number of unbranched alkanes of at least 4 members (excludes halogenated alkanes) is 1. The third-order valence-corrected chi connectivity index (χ3v) is 4.93. The number of benzene rings is 2. The maximum Gasteiger partial charge on any atom is 0.408 e. The molecule has 0 saturated heterocycles. The van der Waals surface area contributed by atoms with Gasteiger partial charge in [-0.2, -0.15) is 11.8 Å². The first kappa shape index (κ1) is 24.3. The van der Waals surface area contributed by atoms with Crippen molar-refractivity contribution in [2.75, 3.05) is 23.9 Å². The first-order valence-electron chi connectivity index (χ1n) is 10.2. The van der Waals surface area contributed by atoms with Crippen LogP contribution in [0.3, 0.4) is 0 Å². The molecule has 1 atom stereocenters. The monoisotopic (exact) mass is 443 g/mol. The molecular formula is C23H29N3O4S. The summed E-state index contributed by atoms with van der Waals surface area (Å²) in [6.07, 6.45) is 3.02. The SMILES string of the molecule is CSCC(=O)NCCCC[C@H](NC(=O)OCc1ccccc1)C(=O)Nc1ccccc1. The summed E-state index contributed by atoms with van der Waals surface area (Å²) in [5.74, 6) is 0.111. The lowest BCUT2D eigenvalue weighted by atomic mass is 10.1. The molecule has 166 valence electrons. The van der Waals surface area contributed by atoms with Crippen LogP contribution >= 0.6 is 11.8 Å². The highest BCUT2D eigenvalue weighted by molar-refractivity contribution is 7.99. The minimum Gasteiger partial charge on any atom is -0.445 e. The number of carbonyl (C=O) groups excluding carboxylic acids is 3. The average molecular weight is 444 g/mol. The normalized spacial score (nSPS) is 11.3. The fraction of sp³-hybridized carbons (Fsp3) is 0.348. The zero-order chi connectivity index (χ0) is 22.3. The zero-order valence-corrected chi connectivity index (χ0v) is 18.5. The number of hydrogen-bond donors (Lipinski definition) is 3. The molecule has 7 nitrogen and oxygen atoms in total. The van der Waals surface area contributed by atoms with E-state index in [0.717, 1.165) is 5.56 Å². The van der Waals surface area contributed by atoms with Gasteiger partial charge in [0.15, 0.2) is 0 Å². The van der Waals surface area contributed by atoms with Gasteiger partial charge in [-0.3, -0.25) is 9.59 Å². The molecule has 0 aliphatic rings. The van der Waals surface area contributed by atoms with Crippen LogP contribution in [-0.2, 0) is 20.9 Å². The van der Waals surface area contributed by atoms with E-state index in [-0.39, 0.29) is 18.4 Å². The topological polar surface area (TPSA) is 96.5 Å². The fourth-order valence-corrected chi connectivity index (χ4v) is 3.17. The van der Waals surface area contributed by atoms with Crippen molar-refractivity contribution in [3.05, 3.63) is 66.2 Å². The van der Waals surface area contributed by atoms with Crippen molar-refractivity contribution >= 4 is 35.4 Å². The Hall–Kier alpha value is -3.00. The molecule has 0 unspecified atom stereocenters. The molecule has 3 N–H and O–H groups in total. The summed E-state index contributed by atoms with van der Waals surface area (Å²) < 4.78 is 5.26. The Morgan fingerprint density at radius 1 is 0.968 bits per heavy atom. The molecule has 0 aromatic heterocycles. The quantitative estimate of drug-likeness (QED) is 0.436. The summed E-state index contributed by atoms with van der Waals surface area (Å²) in [7, 11) is 0. The third-order valence-electron chi connectivity index (χ3n) is 4.38. The molecule has 0 fully saturated rings. The molecule has 8 heteroatoms. The summed E-state index contributed by atoms with van der Waals surface area (Å²) in [6.45, 7) is 0.659. The van der Waals surface area contributed by atoms with E-state index in [1.807, 2.05) is 54.8 Å². The number of hydrogen-bond acceptors (Lipinski definition) is 5. The maximum absolute atomic E-state index is 12.7. The van der Waals surface area contributed by atoms with Crippen LogP contribution in [0.15, 0.2) is 60.7 Å². The van der Waals surface area contributed by atoms with E-state index in [1.165, 1.54) is 11.8 Å². The molecule has 2 aromatic rings. The first-order chi connectivity index (χ1) is 15.1. The van der Waals surface area contributed by atoms with Crippen molar-refractivity contribution in [1.82, 2.24) is 10.6 Å². The van der Waals surface area contributed by atoms with Crippen molar-refractivity contribution in [3.63, 3.8) is 0 Å². The van der Waals surface area contributed by atoms with Crippen LogP contribution in [0.2, 0.25) is 0 Å². The first-order valence-corrected chi connectivity index (χ1v) is 11.6. The van der Waals surface area contributed by atoms with E-state index in [9.17, 15) is 14.4 Å². The molecule has 0 saturated carbocycles. The number of anilines is 1. The Balaban J connectivity index is 1.85. The zero-order valence-electron chi connectivity index (χ0n) is 17.6. The van der Waals surface area contributed by atoms with E-state index in [1.54, 1.807) is 12.1 Å². The number of para-hydroxylation sites is 1. The van der Waals surface area contributed by atoms with Crippen LogP contribution in [-0.4, -0.2) is 42.5 Å². The molecule has 0 heterocycles. The van der Waals surface area contributed by atoms with Crippen LogP contribution in [0.1, 0.15) is 24.8 Å². The van der Waals surface area contributed by atoms with Crippen LogP contribution < -0.4 is 16.0 Å². The number of nitrogens with one attached hydrogen (secondary N) is 3. The van der Waals surface area contributed by atoms with Gasteiger partial charge >= 0.3 is 6.09 Å². The Bertz CT molecular complexity index is 818. The van der Waals surface area contributed by atoms with Crippen molar-refractivity contribution < 1.29 is 19.1 Å². The van der Waals surface area contributed by atoms with Gasteiger partial charge in [-0.1, -0.05) is 48.5 Å². The van der Waals surface area contributed by atoms with Crippen LogP contribution in [0, 0.1) is 0 Å². The number of alkyl carbamates (subject to hydrolysis) is 1. The van der Waals surface area contributed by atoms with Gasteiger partial charge in [-0.25, -0.2) is 4.79 Å². The summed E-state index contributed by atoms with van der Waals surface area (Å²) in [5, 5.41) is 8.31. The smallest absolute Gasteiger partial charge is 0.408 e. The molecule has 0 spiro atoms. The summed E-state index contributed by atoms with van der Waals surface area (Å²) in [6, 6.07) is 17.7. The van der Waals surface area contributed by atoms with Crippen molar-refractivity contribution in [1.29, 1.82) is 0 Å². The predicted molar refractivity (Wildman–Crippen MR) is 124 cm³/mol. The number of carbonyl (C=O) groups is 3. The summed E-state index contributed by atoms with van der Waals surface area (Å²) >= 11 is 1.47. The molecule has 0 aliphatic carbocycles. The van der Waals surface area contributed by atoms with Gasteiger partial charge in [0, 0.05) is 12.2 Å². The number of amides is 3. The minimum absolute atomic E-state index is 0.00603. The molecule has 0 bridgehead atoms. The molecule has 2 rings (SSSR count). The third kappa shape index (κ3) is 10.0. The second kappa shape index (κ2) is 14.1. The van der Waals surface area contributed by atoms with Crippen LogP contribution in [0.25, 0.3) is 0 Å². The van der Waals surface area contributed by atoms with Gasteiger partial charge in [0.25, 0.3) is 0 Å². The van der Waals surface area contributed by atoms with Gasteiger partial charge in [0.05, 0.1) is 5.75 Å². The Kier molecular flexibility index (Phi) is 11.0. The molecular weight excluding hydrogens is 414 g/mol. The largest absolute Gasteiger partial charge is 0.445 e. The van der Waals surface area contributed by atoms with E-state index in [4.69, 9.17) is 4.74 Å². The number of ether oxygens (including phenoxy) is 1. The second-order valence-corrected chi connectivity index (χ2v) is 7.76. The number of thioether (sulfide) groups is 1. The average Bonchev–Trinajstić information content (AvgIpc) is 2.78. The van der Waals surface area contributed by atoms with Gasteiger partial charge in [0.1, 0.15) is 12.6 Å². The molecule has 3 amide bonds. The summed E-state index contributed by atoms with van der Waals surface area (Å²) in [4.78, 5) is 36.5. The minimum atomic E-state index is -0.745. The van der Waals surface area contributed by atoms with Crippen LogP contribution in [0.5, 0.6) is 0 Å². The molecule has 0 aliphatic heterocycles. The Morgan fingerprint density at radius 2 is 1.65 bits per heavy atom. The summed E-state index contributed by atoms with van der Waals surface area (Å²) in [5.41, 5.74) is 1.52. The van der Waals surface area contributed by atoms with Crippen molar-refractivity contribution in [2.24, 2.45) is 0 Å². The fourth-order valence-electron chi connectivity index (χ4n) is 2.81. The highest BCUT2D eigenvalue weighted by Gasteiger charge is 2.21. The second-order valence-electron chi connectivity index (χ2n) is 6.89. The lowest BCUT2D eigenvalue weighted by Crippen LogP contribution is -2.44. The van der Waals surface area contributed by atoms with Crippen molar-refractivity contribution in [2.45, 2.75) is 31.9 Å². The maximum atomic E-state index is 12.7. The van der Waals surface area contributed by atoms with Crippen LogP contribution in [0.4, 0.5) is 10.5 Å². The highest BCUT2D eigenvalue weighted by Crippen LogP contribution is 2.09. The Morgan fingerprint density at radius 3 is 2.32 bits per heavy atom. The predicted octanol–water partition coefficient (Wildman–Crippen LogP) is 3.57. The number of rotatable bonds is 12. The van der Waals surface area contributed by atoms with Gasteiger partial charge in [0.2, 0.25) is 11.8 Å². The van der Waals surface area contributed by atoms with Gasteiger partial charge in [-0.15, -0.1) is 0 Å². The van der Waals surface area contributed by atoms with E-state index in [2.05, 4.69) is 16.0 Å². The van der Waals surface area contributed by atoms with E-state index >= 15 is 0 Å². The standard InChI is InChI=1S/C23H29N3O4S/c1-31-17-21(27)24-15-9-8-14-20(22(28)25-19-12-6-3-7-13-19)26-23(29)30-16-18-10-4-2-5-11-18/h2-7,10-13,20H,8-9,14-17H2,1H3,(H,24,27)(H,25,28)(H,26,29)/t20-/m0/s1.